The predicted molar refractivity (Wildman–Crippen MR) is 81.6 cm³/mol. The van der Waals surface area contributed by atoms with Crippen LogP contribution in [0.2, 0.25) is 0 Å². The number of hydrogen-bond acceptors (Lipinski definition) is 6. The number of anilines is 2. The zero-order valence-corrected chi connectivity index (χ0v) is 13.1. The summed E-state index contributed by atoms with van der Waals surface area (Å²) < 4.78 is 15.5. The summed E-state index contributed by atoms with van der Waals surface area (Å²) in [5, 5.41) is 3.09. The molecule has 0 aromatic heterocycles. The number of carbonyl (C=O) groups excluding carboxylic acids is 2. The van der Waals surface area contributed by atoms with E-state index in [-0.39, 0.29) is 19.1 Å². The minimum Gasteiger partial charge on any atom is -0.493 e. The number of rotatable bonds is 5. The molecule has 0 spiro atoms. The van der Waals surface area contributed by atoms with E-state index in [9.17, 15) is 9.59 Å². The van der Waals surface area contributed by atoms with Crippen molar-refractivity contribution >= 4 is 23.3 Å². The van der Waals surface area contributed by atoms with Gasteiger partial charge in [-0.3, -0.25) is 14.5 Å². The van der Waals surface area contributed by atoms with Crippen LogP contribution in [0.3, 0.4) is 0 Å². The lowest BCUT2D eigenvalue weighted by atomic mass is 10.1. The van der Waals surface area contributed by atoms with Crippen molar-refractivity contribution in [2.75, 3.05) is 37.6 Å². The number of nitrogens with one attached hydrogen (secondary N) is 1. The molecule has 0 saturated carbocycles. The van der Waals surface area contributed by atoms with E-state index < -0.39 is 12.0 Å². The molecule has 1 N–H and O–H groups in total. The van der Waals surface area contributed by atoms with Gasteiger partial charge < -0.3 is 19.5 Å². The summed E-state index contributed by atoms with van der Waals surface area (Å²) in [4.78, 5) is 25.5. The van der Waals surface area contributed by atoms with Gasteiger partial charge >= 0.3 is 5.97 Å². The molecule has 1 aliphatic heterocycles. The normalized spacial score (nSPS) is 16.6. The van der Waals surface area contributed by atoms with E-state index in [2.05, 4.69) is 5.32 Å². The zero-order valence-electron chi connectivity index (χ0n) is 13.1. The first-order chi connectivity index (χ1) is 10.5. The van der Waals surface area contributed by atoms with Gasteiger partial charge in [-0.15, -0.1) is 0 Å². The van der Waals surface area contributed by atoms with Crippen LogP contribution in [-0.4, -0.2) is 45.3 Å². The molecule has 120 valence electrons. The summed E-state index contributed by atoms with van der Waals surface area (Å²) in [6, 6.07) is 2.97. The van der Waals surface area contributed by atoms with Crippen LogP contribution < -0.4 is 19.7 Å². The van der Waals surface area contributed by atoms with Crippen molar-refractivity contribution in [3.05, 3.63) is 12.1 Å². The van der Waals surface area contributed by atoms with Crippen LogP contribution in [0, 0.1) is 0 Å². The number of benzene rings is 1. The van der Waals surface area contributed by atoms with Crippen LogP contribution in [0.1, 0.15) is 13.8 Å². The van der Waals surface area contributed by atoms with Crippen LogP contribution in [0.25, 0.3) is 0 Å². The third-order valence-electron chi connectivity index (χ3n) is 3.39. The smallest absolute Gasteiger partial charge is 0.326 e. The molecule has 0 aliphatic carbocycles. The molecule has 1 atom stereocenters. The molecule has 1 unspecified atom stereocenters. The molecule has 7 nitrogen and oxygen atoms in total. The Balaban J connectivity index is 2.43. The first-order valence-electron chi connectivity index (χ1n) is 7.01. The molecule has 0 radical (unpaired) electrons. The molecule has 22 heavy (non-hydrogen) atoms. The van der Waals surface area contributed by atoms with Crippen molar-refractivity contribution in [1.29, 1.82) is 0 Å². The van der Waals surface area contributed by atoms with Gasteiger partial charge in [0.2, 0.25) is 5.91 Å². The standard InChI is InChI=1S/C15H20N2O5/c1-5-22-14(18)8-17-11-7-13(21-4)12(20-3)6-10(11)16-9(2)15(17)19/h6-7,9,16H,5,8H2,1-4H3. The van der Waals surface area contributed by atoms with E-state index in [0.29, 0.717) is 22.9 Å². The summed E-state index contributed by atoms with van der Waals surface area (Å²) in [5.41, 5.74) is 1.27. The van der Waals surface area contributed by atoms with Gasteiger partial charge in [0.15, 0.2) is 11.5 Å². The van der Waals surface area contributed by atoms with Gasteiger partial charge in [0.05, 0.1) is 32.2 Å². The first kappa shape index (κ1) is 15.9. The van der Waals surface area contributed by atoms with Gasteiger partial charge in [-0.25, -0.2) is 0 Å². The highest BCUT2D eigenvalue weighted by Gasteiger charge is 2.32. The Morgan fingerprint density at radius 1 is 1.27 bits per heavy atom. The maximum Gasteiger partial charge on any atom is 0.326 e. The SMILES string of the molecule is CCOC(=O)CN1C(=O)C(C)Nc2cc(OC)c(OC)cc21. The summed E-state index contributed by atoms with van der Waals surface area (Å²) in [5.74, 6) is 0.379. The molecule has 1 aliphatic rings. The number of ether oxygens (including phenoxy) is 3. The highest BCUT2D eigenvalue weighted by atomic mass is 16.5. The fourth-order valence-corrected chi connectivity index (χ4v) is 2.35. The van der Waals surface area contributed by atoms with Crippen LogP contribution in [0.4, 0.5) is 11.4 Å². The minimum absolute atomic E-state index is 0.138. The Morgan fingerprint density at radius 2 is 1.91 bits per heavy atom. The lowest BCUT2D eigenvalue weighted by Gasteiger charge is -2.33. The van der Waals surface area contributed by atoms with Gasteiger partial charge in [-0.2, -0.15) is 0 Å². The summed E-state index contributed by atoms with van der Waals surface area (Å²) in [7, 11) is 3.05. The van der Waals surface area contributed by atoms with Crippen LogP contribution in [0.5, 0.6) is 11.5 Å². The summed E-state index contributed by atoms with van der Waals surface area (Å²) in [6.45, 7) is 3.59. The molecule has 1 amide bonds. The fourth-order valence-electron chi connectivity index (χ4n) is 2.35. The van der Waals surface area contributed by atoms with Crippen molar-refractivity contribution in [3.8, 4) is 11.5 Å². The van der Waals surface area contributed by atoms with E-state index in [1.165, 1.54) is 19.1 Å². The van der Waals surface area contributed by atoms with Gasteiger partial charge in [0.1, 0.15) is 12.6 Å². The van der Waals surface area contributed by atoms with Crippen LogP contribution in [-0.2, 0) is 14.3 Å². The predicted octanol–water partition coefficient (Wildman–Crippen LogP) is 1.41. The van der Waals surface area contributed by atoms with Crippen molar-refractivity contribution in [2.24, 2.45) is 0 Å². The number of esters is 1. The topological polar surface area (TPSA) is 77.1 Å². The average Bonchev–Trinajstić information content (AvgIpc) is 2.50. The van der Waals surface area contributed by atoms with Crippen molar-refractivity contribution < 1.29 is 23.8 Å². The number of amides is 1. The molecule has 0 saturated heterocycles. The number of nitrogens with zero attached hydrogens (tertiary/aromatic N) is 1. The highest BCUT2D eigenvalue weighted by molar-refractivity contribution is 6.07. The third kappa shape index (κ3) is 2.93. The van der Waals surface area contributed by atoms with Crippen molar-refractivity contribution in [3.63, 3.8) is 0 Å². The van der Waals surface area contributed by atoms with Crippen LogP contribution in [0.15, 0.2) is 12.1 Å². The molecule has 0 bridgehead atoms. The lowest BCUT2D eigenvalue weighted by Crippen LogP contribution is -2.48. The van der Waals surface area contributed by atoms with E-state index in [1.807, 2.05) is 0 Å². The fraction of sp³-hybridized carbons (Fsp3) is 0.467. The Labute approximate surface area is 129 Å². The Bertz CT molecular complexity index is 588. The Morgan fingerprint density at radius 3 is 2.50 bits per heavy atom. The lowest BCUT2D eigenvalue weighted by molar-refractivity contribution is -0.142. The highest BCUT2D eigenvalue weighted by Crippen LogP contribution is 2.40. The van der Waals surface area contributed by atoms with Crippen molar-refractivity contribution in [1.82, 2.24) is 0 Å². The van der Waals surface area contributed by atoms with Crippen molar-refractivity contribution in [2.45, 2.75) is 19.9 Å². The first-order valence-corrected chi connectivity index (χ1v) is 7.01. The molecule has 0 fully saturated rings. The summed E-state index contributed by atoms with van der Waals surface area (Å²) >= 11 is 0. The molecule has 1 aromatic rings. The molecular weight excluding hydrogens is 288 g/mol. The largest absolute Gasteiger partial charge is 0.493 e. The molecule has 7 heteroatoms. The van der Waals surface area contributed by atoms with E-state index in [4.69, 9.17) is 14.2 Å². The van der Waals surface area contributed by atoms with Gasteiger partial charge in [-0.1, -0.05) is 0 Å². The molecule has 1 aromatic carbocycles. The Kier molecular flexibility index (Phi) is 4.75. The number of methoxy groups -OCH3 is 2. The second-order valence-electron chi connectivity index (χ2n) is 4.82. The van der Waals surface area contributed by atoms with Gasteiger partial charge in [0, 0.05) is 12.1 Å². The number of hydrogen-bond donors (Lipinski definition) is 1. The number of fused-ring (bicyclic) bond motifs is 1. The van der Waals surface area contributed by atoms with E-state index in [0.717, 1.165) is 0 Å². The van der Waals surface area contributed by atoms with E-state index >= 15 is 0 Å². The summed E-state index contributed by atoms with van der Waals surface area (Å²) in [6.07, 6.45) is 0. The number of carbonyl (C=O) groups is 2. The van der Waals surface area contributed by atoms with Gasteiger partial charge in [0.25, 0.3) is 0 Å². The second kappa shape index (κ2) is 6.55. The average molecular weight is 308 g/mol. The van der Waals surface area contributed by atoms with Crippen LogP contribution >= 0.6 is 0 Å². The van der Waals surface area contributed by atoms with E-state index in [1.54, 1.807) is 26.0 Å². The molecular formula is C15H20N2O5. The second-order valence-corrected chi connectivity index (χ2v) is 4.82. The maximum absolute atomic E-state index is 12.4. The minimum atomic E-state index is -0.453. The quantitative estimate of drug-likeness (QED) is 0.829. The monoisotopic (exact) mass is 308 g/mol. The van der Waals surface area contributed by atoms with Gasteiger partial charge in [-0.05, 0) is 13.8 Å². The molecule has 1 heterocycles. The maximum atomic E-state index is 12.4. The third-order valence-corrected chi connectivity index (χ3v) is 3.39. The molecule has 2 rings (SSSR count). The Hall–Kier alpha value is -2.44. The zero-order chi connectivity index (χ0) is 16.3.